The van der Waals surface area contributed by atoms with Gasteiger partial charge in [0.25, 0.3) is 0 Å². The topological polar surface area (TPSA) is 70.8 Å². The molecule has 1 rings (SSSR count). The number of carbonyl (C=O) groups is 1. The Labute approximate surface area is 117 Å². The number of hydrogen-bond donors (Lipinski definition) is 1. The lowest BCUT2D eigenvalue weighted by Crippen LogP contribution is -2.28. The number of ether oxygens (including phenoxy) is 3. The van der Waals surface area contributed by atoms with Gasteiger partial charge < -0.3 is 19.9 Å². The highest BCUT2D eigenvalue weighted by molar-refractivity contribution is 6.31. The second-order valence-corrected chi connectivity index (χ2v) is 4.51. The van der Waals surface area contributed by atoms with Crippen LogP contribution in [0.1, 0.15) is 24.2 Å². The zero-order valence-corrected chi connectivity index (χ0v) is 11.9. The van der Waals surface area contributed by atoms with Crippen LogP contribution in [0.25, 0.3) is 0 Å². The van der Waals surface area contributed by atoms with Gasteiger partial charge in [0.2, 0.25) is 0 Å². The number of rotatable bonds is 6. The van der Waals surface area contributed by atoms with Crippen molar-refractivity contribution in [2.45, 2.75) is 26.1 Å². The molecule has 106 valence electrons. The van der Waals surface area contributed by atoms with E-state index >= 15 is 0 Å². The fraction of sp³-hybridized carbons (Fsp3) is 0.462. The molecule has 0 heterocycles. The van der Waals surface area contributed by atoms with Gasteiger partial charge in [-0.15, -0.1) is 0 Å². The minimum atomic E-state index is -0.858. The molecule has 2 N–H and O–H groups in total. The van der Waals surface area contributed by atoms with Crippen LogP contribution in [-0.4, -0.2) is 26.1 Å². The molecule has 0 aliphatic rings. The highest BCUT2D eigenvalue weighted by atomic mass is 35.5. The third kappa shape index (κ3) is 4.38. The molecule has 5 nitrogen and oxygen atoms in total. The lowest BCUT2D eigenvalue weighted by Gasteiger charge is -2.26. The average molecular weight is 288 g/mol. The monoisotopic (exact) mass is 287 g/mol. The molecule has 19 heavy (non-hydrogen) atoms. The zero-order chi connectivity index (χ0) is 14.4. The van der Waals surface area contributed by atoms with Crippen LogP contribution in [0.3, 0.4) is 0 Å². The number of carbonyl (C=O) groups excluding carboxylic acids is 1. The minimum Gasteiger partial charge on any atom is -0.444 e. The molecule has 1 aromatic rings. The summed E-state index contributed by atoms with van der Waals surface area (Å²) in [6.07, 6.45) is -1.98. The number of nitrogens with two attached hydrogens (primary N) is 1. The van der Waals surface area contributed by atoms with E-state index < -0.39 is 18.3 Å². The van der Waals surface area contributed by atoms with Crippen LogP contribution in [0.4, 0.5) is 4.79 Å². The molecule has 2 unspecified atom stereocenters. The van der Waals surface area contributed by atoms with Gasteiger partial charge in [-0.05, 0) is 25.5 Å². The maximum Gasteiger partial charge on any atom is 0.404 e. The Balaban J connectivity index is 3.04. The molecular formula is C13H18ClNO4. The fourth-order valence-electron chi connectivity index (χ4n) is 1.85. The van der Waals surface area contributed by atoms with Crippen LogP contribution in [0, 0.1) is 6.92 Å². The smallest absolute Gasteiger partial charge is 0.404 e. The molecule has 0 spiro atoms. The van der Waals surface area contributed by atoms with Gasteiger partial charge in [0.1, 0.15) is 19.0 Å². The van der Waals surface area contributed by atoms with Crippen molar-refractivity contribution in [2.24, 2.45) is 5.73 Å². The summed E-state index contributed by atoms with van der Waals surface area (Å²) in [6.45, 7) is 3.65. The number of methoxy groups -OCH3 is 1. The Morgan fingerprint density at radius 1 is 1.47 bits per heavy atom. The molecule has 2 atom stereocenters. The lowest BCUT2D eigenvalue weighted by molar-refractivity contribution is -0.111. The molecular weight excluding hydrogens is 270 g/mol. The number of aryl methyl sites for hydroxylation is 1. The normalized spacial score (nSPS) is 13.9. The van der Waals surface area contributed by atoms with Crippen LogP contribution in [0.5, 0.6) is 0 Å². The zero-order valence-electron chi connectivity index (χ0n) is 11.2. The number of benzene rings is 1. The van der Waals surface area contributed by atoms with Crippen molar-refractivity contribution in [3.8, 4) is 0 Å². The summed E-state index contributed by atoms with van der Waals surface area (Å²) in [5, 5.41) is 0.543. The Morgan fingerprint density at radius 2 is 2.16 bits per heavy atom. The molecule has 0 saturated carbocycles. The number of halogens is 1. The fourth-order valence-corrected chi connectivity index (χ4v) is 2.17. The van der Waals surface area contributed by atoms with E-state index in [1.165, 1.54) is 7.11 Å². The van der Waals surface area contributed by atoms with Gasteiger partial charge in [-0.3, -0.25) is 0 Å². The Morgan fingerprint density at radius 3 is 2.68 bits per heavy atom. The van der Waals surface area contributed by atoms with E-state index in [0.29, 0.717) is 5.02 Å². The summed E-state index contributed by atoms with van der Waals surface area (Å²) in [7, 11) is 1.51. The summed E-state index contributed by atoms with van der Waals surface area (Å²) >= 11 is 6.19. The molecule has 1 amide bonds. The van der Waals surface area contributed by atoms with Crippen molar-refractivity contribution in [2.75, 3.05) is 13.9 Å². The predicted octanol–water partition coefficient (Wildman–Crippen LogP) is 2.79. The maximum atomic E-state index is 10.9. The van der Waals surface area contributed by atoms with Gasteiger partial charge >= 0.3 is 6.09 Å². The number of amides is 1. The first-order valence-corrected chi connectivity index (χ1v) is 6.16. The highest BCUT2D eigenvalue weighted by Crippen LogP contribution is 2.32. The van der Waals surface area contributed by atoms with Gasteiger partial charge in [0, 0.05) is 17.7 Å². The van der Waals surface area contributed by atoms with Gasteiger partial charge in [-0.2, -0.15) is 0 Å². The summed E-state index contributed by atoms with van der Waals surface area (Å²) in [6, 6.07) is 5.50. The highest BCUT2D eigenvalue weighted by Gasteiger charge is 2.26. The molecule has 0 aromatic heterocycles. The Kier molecular flexibility index (Phi) is 6.08. The minimum absolute atomic E-state index is 0.0573. The second-order valence-electron chi connectivity index (χ2n) is 4.11. The third-order valence-electron chi connectivity index (χ3n) is 2.65. The SMILES string of the molecule is COCOC(c1c(C)cccc1Cl)C(C)OC(N)=O. The van der Waals surface area contributed by atoms with Crippen molar-refractivity contribution in [1.82, 2.24) is 0 Å². The van der Waals surface area contributed by atoms with Crippen LogP contribution < -0.4 is 5.73 Å². The Bertz CT molecular complexity index is 418. The molecule has 1 aromatic carbocycles. The Hall–Kier alpha value is -1.30. The first kappa shape index (κ1) is 15.8. The first-order valence-electron chi connectivity index (χ1n) is 5.79. The lowest BCUT2D eigenvalue weighted by atomic mass is 10.00. The van der Waals surface area contributed by atoms with Crippen LogP contribution in [0.2, 0.25) is 5.02 Å². The van der Waals surface area contributed by atoms with Gasteiger partial charge in [-0.25, -0.2) is 4.79 Å². The van der Waals surface area contributed by atoms with Crippen LogP contribution in [0.15, 0.2) is 18.2 Å². The summed E-state index contributed by atoms with van der Waals surface area (Å²) in [4.78, 5) is 10.9. The number of primary amides is 1. The summed E-state index contributed by atoms with van der Waals surface area (Å²) in [5.74, 6) is 0. The van der Waals surface area contributed by atoms with Crippen LogP contribution in [-0.2, 0) is 14.2 Å². The van der Waals surface area contributed by atoms with Crippen molar-refractivity contribution in [1.29, 1.82) is 0 Å². The van der Waals surface area contributed by atoms with E-state index in [9.17, 15) is 4.79 Å². The van der Waals surface area contributed by atoms with Gasteiger partial charge in [0.15, 0.2) is 0 Å². The predicted molar refractivity (Wildman–Crippen MR) is 72.0 cm³/mol. The molecule has 0 bridgehead atoms. The number of hydrogen-bond acceptors (Lipinski definition) is 4. The summed E-state index contributed by atoms with van der Waals surface area (Å²) in [5.41, 5.74) is 6.73. The first-order chi connectivity index (χ1) is 8.97. The molecule has 0 aliphatic heterocycles. The van der Waals surface area contributed by atoms with Crippen molar-refractivity contribution >= 4 is 17.7 Å². The standard InChI is InChI=1S/C13H18ClNO4/c1-8-5-4-6-10(14)11(8)12(18-7-17-3)9(2)19-13(15)16/h4-6,9,12H,7H2,1-3H3,(H2,15,16). The van der Waals surface area contributed by atoms with Gasteiger partial charge in [-0.1, -0.05) is 23.7 Å². The second kappa shape index (κ2) is 7.33. The quantitative estimate of drug-likeness (QED) is 0.817. The van der Waals surface area contributed by atoms with Crippen LogP contribution >= 0.6 is 11.6 Å². The van der Waals surface area contributed by atoms with Crippen molar-refractivity contribution in [3.63, 3.8) is 0 Å². The van der Waals surface area contributed by atoms with E-state index in [2.05, 4.69) is 0 Å². The molecule has 0 fully saturated rings. The van der Waals surface area contributed by atoms with E-state index in [1.54, 1.807) is 13.0 Å². The molecule has 6 heteroatoms. The van der Waals surface area contributed by atoms with Crippen molar-refractivity contribution in [3.05, 3.63) is 34.3 Å². The average Bonchev–Trinajstić information content (AvgIpc) is 2.31. The third-order valence-corrected chi connectivity index (χ3v) is 2.98. The van der Waals surface area contributed by atoms with Gasteiger partial charge in [0.05, 0.1) is 0 Å². The van der Waals surface area contributed by atoms with E-state index in [4.69, 9.17) is 31.5 Å². The largest absolute Gasteiger partial charge is 0.444 e. The summed E-state index contributed by atoms with van der Waals surface area (Å²) < 4.78 is 15.4. The van der Waals surface area contributed by atoms with E-state index in [-0.39, 0.29) is 6.79 Å². The molecule has 0 saturated heterocycles. The van der Waals surface area contributed by atoms with E-state index in [0.717, 1.165) is 11.1 Å². The molecule has 0 radical (unpaired) electrons. The van der Waals surface area contributed by atoms with Crippen molar-refractivity contribution < 1.29 is 19.0 Å². The van der Waals surface area contributed by atoms with E-state index in [1.807, 2.05) is 19.1 Å². The molecule has 0 aliphatic carbocycles. The maximum absolute atomic E-state index is 10.9.